The molecule has 1 aliphatic carbocycles. The number of aromatic amines is 1. The Bertz CT molecular complexity index is 733. The average molecular weight is 361 g/mol. The first-order chi connectivity index (χ1) is 12.3. The van der Waals surface area contributed by atoms with Crippen molar-refractivity contribution in [3.05, 3.63) is 22.5 Å². The Labute approximate surface area is 153 Å². The van der Waals surface area contributed by atoms with Gasteiger partial charge in [-0.3, -0.25) is 9.59 Å². The van der Waals surface area contributed by atoms with E-state index in [1.165, 1.54) is 12.8 Å². The standard InChI is InChI=1S/C19H27N3O4/c1-11-16(19(25)26)12(2)20-17(11)18(24)21(3)9-13-8-15(23)22(10-13)14-6-4-5-7-14/h13-14,20H,4-10H2,1-3H3,(H,25,26). The zero-order valence-corrected chi connectivity index (χ0v) is 15.7. The number of hydrogen-bond donors (Lipinski definition) is 2. The largest absolute Gasteiger partial charge is 0.478 e. The number of nitrogens with one attached hydrogen (secondary N) is 1. The third-order valence-corrected chi connectivity index (χ3v) is 5.75. The number of H-pyrrole nitrogens is 1. The van der Waals surface area contributed by atoms with Gasteiger partial charge in [0, 0.05) is 44.2 Å². The fraction of sp³-hybridized carbons (Fsp3) is 0.632. The van der Waals surface area contributed by atoms with Gasteiger partial charge in [0.25, 0.3) is 5.91 Å². The highest BCUT2D eigenvalue weighted by molar-refractivity contribution is 5.99. The van der Waals surface area contributed by atoms with Crippen molar-refractivity contribution < 1.29 is 19.5 Å². The van der Waals surface area contributed by atoms with Crippen LogP contribution >= 0.6 is 0 Å². The van der Waals surface area contributed by atoms with Gasteiger partial charge < -0.3 is 19.9 Å². The van der Waals surface area contributed by atoms with Crippen molar-refractivity contribution in [3.63, 3.8) is 0 Å². The second kappa shape index (κ2) is 7.13. The second-order valence-electron chi connectivity index (χ2n) is 7.67. The summed E-state index contributed by atoms with van der Waals surface area (Å²) >= 11 is 0. The molecule has 2 aliphatic rings. The highest BCUT2D eigenvalue weighted by Crippen LogP contribution is 2.30. The molecule has 142 valence electrons. The molecule has 1 saturated carbocycles. The SMILES string of the molecule is Cc1[nH]c(C(=O)N(C)CC2CC(=O)N(C3CCCC3)C2)c(C)c1C(=O)O. The van der Waals surface area contributed by atoms with Crippen LogP contribution in [0.4, 0.5) is 0 Å². The number of nitrogens with zero attached hydrogens (tertiary/aromatic N) is 2. The van der Waals surface area contributed by atoms with E-state index in [4.69, 9.17) is 0 Å². The van der Waals surface area contributed by atoms with Crippen molar-refractivity contribution >= 4 is 17.8 Å². The first-order valence-electron chi connectivity index (χ1n) is 9.27. The summed E-state index contributed by atoms with van der Waals surface area (Å²) in [5.74, 6) is -0.938. The highest BCUT2D eigenvalue weighted by atomic mass is 16.4. The van der Waals surface area contributed by atoms with E-state index in [1.807, 2.05) is 4.90 Å². The topological polar surface area (TPSA) is 93.7 Å². The molecule has 0 radical (unpaired) electrons. The fourth-order valence-electron chi connectivity index (χ4n) is 4.45. The van der Waals surface area contributed by atoms with Crippen LogP contribution in [0.5, 0.6) is 0 Å². The summed E-state index contributed by atoms with van der Waals surface area (Å²) in [6.45, 7) is 4.51. The summed E-state index contributed by atoms with van der Waals surface area (Å²) in [7, 11) is 1.71. The molecule has 0 bridgehead atoms. The Morgan fingerprint density at radius 2 is 1.92 bits per heavy atom. The van der Waals surface area contributed by atoms with Gasteiger partial charge in [0.2, 0.25) is 5.91 Å². The van der Waals surface area contributed by atoms with Gasteiger partial charge in [0.05, 0.1) is 5.56 Å². The van der Waals surface area contributed by atoms with Crippen molar-refractivity contribution in [2.45, 2.75) is 52.0 Å². The lowest BCUT2D eigenvalue weighted by atomic mass is 10.1. The monoisotopic (exact) mass is 361 g/mol. The molecule has 1 unspecified atom stereocenters. The van der Waals surface area contributed by atoms with E-state index in [2.05, 4.69) is 4.98 Å². The van der Waals surface area contributed by atoms with Gasteiger partial charge in [-0.05, 0) is 32.3 Å². The minimum Gasteiger partial charge on any atom is -0.478 e. The lowest BCUT2D eigenvalue weighted by Crippen LogP contribution is -2.36. The van der Waals surface area contributed by atoms with Gasteiger partial charge in [-0.2, -0.15) is 0 Å². The van der Waals surface area contributed by atoms with Gasteiger partial charge in [0.1, 0.15) is 5.69 Å². The maximum absolute atomic E-state index is 12.8. The van der Waals surface area contributed by atoms with Crippen LogP contribution in [-0.2, 0) is 4.79 Å². The zero-order chi connectivity index (χ0) is 19.0. The fourth-order valence-corrected chi connectivity index (χ4v) is 4.45. The third-order valence-electron chi connectivity index (χ3n) is 5.75. The number of rotatable bonds is 5. The van der Waals surface area contributed by atoms with E-state index in [0.717, 1.165) is 12.8 Å². The Hall–Kier alpha value is -2.31. The van der Waals surface area contributed by atoms with E-state index in [0.29, 0.717) is 42.5 Å². The van der Waals surface area contributed by atoms with Crippen LogP contribution in [0.2, 0.25) is 0 Å². The number of carboxylic acid groups (broad SMARTS) is 1. The molecular weight excluding hydrogens is 334 g/mol. The molecule has 2 N–H and O–H groups in total. The van der Waals surface area contributed by atoms with Crippen LogP contribution in [-0.4, -0.2) is 63.9 Å². The van der Waals surface area contributed by atoms with Crippen molar-refractivity contribution in [1.82, 2.24) is 14.8 Å². The first kappa shape index (κ1) is 18.5. The van der Waals surface area contributed by atoms with E-state index in [1.54, 1.807) is 25.8 Å². The summed E-state index contributed by atoms with van der Waals surface area (Å²) in [6.07, 6.45) is 5.04. The number of aromatic nitrogens is 1. The Morgan fingerprint density at radius 1 is 1.27 bits per heavy atom. The first-order valence-corrected chi connectivity index (χ1v) is 9.27. The molecule has 7 heteroatoms. The Morgan fingerprint density at radius 3 is 2.50 bits per heavy atom. The maximum Gasteiger partial charge on any atom is 0.337 e. The molecule has 7 nitrogen and oxygen atoms in total. The number of aromatic carboxylic acids is 1. The maximum atomic E-state index is 12.8. The number of hydrogen-bond acceptors (Lipinski definition) is 3. The normalized spacial score (nSPS) is 20.8. The smallest absolute Gasteiger partial charge is 0.337 e. The van der Waals surface area contributed by atoms with Gasteiger partial charge in [-0.1, -0.05) is 12.8 Å². The minimum absolute atomic E-state index is 0.132. The molecule has 2 amide bonds. The number of amides is 2. The molecule has 26 heavy (non-hydrogen) atoms. The molecule has 1 aliphatic heterocycles. The lowest BCUT2D eigenvalue weighted by molar-refractivity contribution is -0.129. The van der Waals surface area contributed by atoms with Crippen LogP contribution < -0.4 is 0 Å². The summed E-state index contributed by atoms with van der Waals surface area (Å²) in [6, 6.07) is 0.375. The Kier molecular flexibility index (Phi) is 5.07. The number of carbonyl (C=O) groups excluding carboxylic acids is 2. The summed E-state index contributed by atoms with van der Waals surface area (Å²) in [5.41, 5.74) is 1.42. The third kappa shape index (κ3) is 3.34. The number of aryl methyl sites for hydroxylation is 1. The molecule has 1 aromatic heterocycles. The van der Waals surface area contributed by atoms with Crippen LogP contribution in [0.1, 0.15) is 64.2 Å². The average Bonchev–Trinajstić information content (AvgIpc) is 3.26. The predicted octanol–water partition coefficient (Wildman–Crippen LogP) is 2.19. The molecule has 1 atom stereocenters. The van der Waals surface area contributed by atoms with Crippen LogP contribution in [0.3, 0.4) is 0 Å². The molecule has 1 saturated heterocycles. The second-order valence-corrected chi connectivity index (χ2v) is 7.67. The van der Waals surface area contributed by atoms with E-state index >= 15 is 0 Å². The van der Waals surface area contributed by atoms with Crippen molar-refractivity contribution in [2.24, 2.45) is 5.92 Å². The molecule has 2 fully saturated rings. The van der Waals surface area contributed by atoms with Crippen LogP contribution in [0.25, 0.3) is 0 Å². The van der Waals surface area contributed by atoms with Crippen molar-refractivity contribution in [2.75, 3.05) is 20.1 Å². The van der Waals surface area contributed by atoms with Crippen LogP contribution in [0, 0.1) is 19.8 Å². The molecule has 0 spiro atoms. The molecule has 2 heterocycles. The zero-order valence-electron chi connectivity index (χ0n) is 15.7. The van der Waals surface area contributed by atoms with Crippen molar-refractivity contribution in [1.29, 1.82) is 0 Å². The number of likely N-dealkylation sites (tertiary alicyclic amines) is 1. The van der Waals surface area contributed by atoms with E-state index in [-0.39, 0.29) is 23.3 Å². The van der Waals surface area contributed by atoms with E-state index in [9.17, 15) is 19.5 Å². The highest BCUT2D eigenvalue weighted by Gasteiger charge is 2.36. The molecular formula is C19H27N3O4. The molecule has 0 aromatic carbocycles. The predicted molar refractivity (Wildman–Crippen MR) is 96.3 cm³/mol. The minimum atomic E-state index is -1.04. The quantitative estimate of drug-likeness (QED) is 0.841. The summed E-state index contributed by atoms with van der Waals surface area (Å²) in [5, 5.41) is 9.28. The Balaban J connectivity index is 1.66. The van der Waals surface area contributed by atoms with Crippen LogP contribution in [0.15, 0.2) is 0 Å². The number of carbonyl (C=O) groups is 3. The van der Waals surface area contributed by atoms with Gasteiger partial charge in [-0.15, -0.1) is 0 Å². The van der Waals surface area contributed by atoms with Gasteiger partial charge in [0.15, 0.2) is 0 Å². The lowest BCUT2D eigenvalue weighted by Gasteiger charge is -2.25. The number of carboxylic acids is 1. The van der Waals surface area contributed by atoms with E-state index < -0.39 is 5.97 Å². The molecule has 3 rings (SSSR count). The van der Waals surface area contributed by atoms with Gasteiger partial charge in [-0.25, -0.2) is 4.79 Å². The molecule has 1 aromatic rings. The van der Waals surface area contributed by atoms with Gasteiger partial charge >= 0.3 is 5.97 Å². The summed E-state index contributed by atoms with van der Waals surface area (Å²) in [4.78, 5) is 42.9. The summed E-state index contributed by atoms with van der Waals surface area (Å²) < 4.78 is 0. The van der Waals surface area contributed by atoms with Crippen molar-refractivity contribution in [3.8, 4) is 0 Å².